The molecule has 1 aliphatic rings. The highest BCUT2D eigenvalue weighted by atomic mass is 16.5. The van der Waals surface area contributed by atoms with Gasteiger partial charge in [0.25, 0.3) is 11.7 Å². The summed E-state index contributed by atoms with van der Waals surface area (Å²) < 4.78 is 6.98. The fourth-order valence-corrected chi connectivity index (χ4v) is 4.49. The third-order valence-electron chi connectivity index (χ3n) is 6.09. The number of aliphatic hydroxyl groups is 1. The van der Waals surface area contributed by atoms with Crippen molar-refractivity contribution in [2.45, 2.75) is 39.8 Å². The van der Waals surface area contributed by atoms with E-state index in [1.165, 1.54) is 4.90 Å². The zero-order chi connectivity index (χ0) is 25.1. The number of esters is 1. The zero-order valence-corrected chi connectivity index (χ0v) is 19.8. The number of likely N-dealkylation sites (tertiary alicyclic amines) is 1. The van der Waals surface area contributed by atoms with E-state index in [4.69, 9.17) is 4.74 Å². The summed E-state index contributed by atoms with van der Waals surface area (Å²) in [6, 6.07) is 2.64. The third-order valence-corrected chi connectivity index (χ3v) is 6.09. The van der Waals surface area contributed by atoms with Crippen molar-refractivity contribution < 1.29 is 24.2 Å². The van der Waals surface area contributed by atoms with E-state index >= 15 is 0 Å². The van der Waals surface area contributed by atoms with Crippen LogP contribution < -0.4 is 0 Å². The number of carbonyl (C=O) groups excluding carboxylic acids is 3. The average molecular weight is 478 g/mol. The molecular formula is C25H27N5O5. The summed E-state index contributed by atoms with van der Waals surface area (Å²) in [4.78, 5) is 51.2. The average Bonchev–Trinajstić information content (AvgIpc) is 3.53. The minimum absolute atomic E-state index is 0.0237. The van der Waals surface area contributed by atoms with Crippen LogP contribution in [0.3, 0.4) is 0 Å². The fraction of sp³-hybridized carbons (Fsp3) is 0.320. The highest BCUT2D eigenvalue weighted by Gasteiger charge is 2.46. The van der Waals surface area contributed by atoms with E-state index in [0.29, 0.717) is 41.9 Å². The molecule has 0 spiro atoms. The van der Waals surface area contributed by atoms with Crippen molar-refractivity contribution in [1.29, 1.82) is 0 Å². The molecule has 0 aromatic carbocycles. The maximum absolute atomic E-state index is 13.2. The molecule has 10 heteroatoms. The van der Waals surface area contributed by atoms with Gasteiger partial charge < -0.3 is 24.3 Å². The molecule has 1 amide bonds. The molecule has 0 aliphatic carbocycles. The first kappa shape index (κ1) is 23.9. The Hall–Kier alpha value is -4.21. The number of aryl methyl sites for hydroxylation is 2. The summed E-state index contributed by atoms with van der Waals surface area (Å²) in [5.74, 6) is -2.35. The molecule has 0 bridgehead atoms. The van der Waals surface area contributed by atoms with Gasteiger partial charge in [-0.15, -0.1) is 0 Å². The Morgan fingerprint density at radius 3 is 2.54 bits per heavy atom. The lowest BCUT2D eigenvalue weighted by molar-refractivity contribution is -0.139. The summed E-state index contributed by atoms with van der Waals surface area (Å²) in [7, 11) is 0. The van der Waals surface area contributed by atoms with E-state index in [2.05, 4.69) is 15.0 Å². The predicted octanol–water partition coefficient (Wildman–Crippen LogP) is 2.91. The van der Waals surface area contributed by atoms with Crippen LogP contribution in [-0.4, -0.2) is 60.3 Å². The number of H-pyrrole nitrogens is 1. The van der Waals surface area contributed by atoms with Crippen molar-refractivity contribution in [3.8, 4) is 0 Å². The number of imidazole rings is 1. The molecule has 4 rings (SSSR count). The van der Waals surface area contributed by atoms with E-state index in [9.17, 15) is 19.5 Å². The minimum atomic E-state index is -0.791. The highest BCUT2D eigenvalue weighted by Crippen LogP contribution is 2.40. The van der Waals surface area contributed by atoms with Crippen molar-refractivity contribution >= 4 is 23.4 Å². The first-order chi connectivity index (χ1) is 16.8. The molecule has 4 heterocycles. The van der Waals surface area contributed by atoms with Gasteiger partial charge in [0.05, 0.1) is 24.5 Å². The van der Waals surface area contributed by atoms with Gasteiger partial charge in [-0.3, -0.25) is 14.6 Å². The van der Waals surface area contributed by atoms with E-state index < -0.39 is 23.7 Å². The number of hydrogen-bond donors (Lipinski definition) is 2. The zero-order valence-electron chi connectivity index (χ0n) is 19.8. The lowest BCUT2D eigenvalue weighted by Gasteiger charge is -2.25. The fourth-order valence-electron chi connectivity index (χ4n) is 4.49. The third kappa shape index (κ3) is 4.46. The number of aromatic nitrogens is 4. The van der Waals surface area contributed by atoms with E-state index in [1.54, 1.807) is 57.8 Å². The van der Waals surface area contributed by atoms with Crippen molar-refractivity contribution in [3.63, 3.8) is 0 Å². The number of ketones is 1. The smallest absolute Gasteiger partial charge is 0.355 e. The number of hydrogen-bond acceptors (Lipinski definition) is 7. The second-order valence-corrected chi connectivity index (χ2v) is 8.27. The molecule has 0 radical (unpaired) electrons. The normalized spacial score (nSPS) is 17.2. The van der Waals surface area contributed by atoms with Gasteiger partial charge in [-0.25, -0.2) is 9.78 Å². The SMILES string of the molecule is CCOC(=O)c1[nH]c(C)c(/C(O)=C2/C(=O)C(=O)N(CCCn3ccnc3)C2c2ccncc2)c1C. The predicted molar refractivity (Wildman–Crippen MR) is 126 cm³/mol. The Kier molecular flexibility index (Phi) is 6.81. The summed E-state index contributed by atoms with van der Waals surface area (Å²) in [6.07, 6.45) is 8.93. The van der Waals surface area contributed by atoms with Gasteiger partial charge >= 0.3 is 5.97 Å². The number of pyridine rings is 1. The molecule has 1 fully saturated rings. The lowest BCUT2D eigenvalue weighted by atomic mass is 9.94. The van der Waals surface area contributed by atoms with Crippen LogP contribution in [0.2, 0.25) is 0 Å². The first-order valence-corrected chi connectivity index (χ1v) is 11.4. The first-order valence-electron chi connectivity index (χ1n) is 11.4. The Balaban J connectivity index is 1.77. The topological polar surface area (TPSA) is 130 Å². The van der Waals surface area contributed by atoms with E-state index in [-0.39, 0.29) is 23.6 Å². The van der Waals surface area contributed by atoms with Crippen LogP contribution in [0.15, 0.2) is 48.8 Å². The summed E-state index contributed by atoms with van der Waals surface area (Å²) >= 11 is 0. The molecule has 0 saturated carbocycles. The van der Waals surface area contributed by atoms with Gasteiger partial charge in [0.15, 0.2) is 0 Å². The van der Waals surface area contributed by atoms with Crippen molar-refractivity contribution in [2.75, 3.05) is 13.2 Å². The quantitative estimate of drug-likeness (QED) is 0.221. The molecule has 1 aliphatic heterocycles. The van der Waals surface area contributed by atoms with Gasteiger partial charge in [0.1, 0.15) is 11.5 Å². The lowest BCUT2D eigenvalue weighted by Crippen LogP contribution is -2.31. The molecule has 10 nitrogen and oxygen atoms in total. The number of nitrogens with one attached hydrogen (secondary N) is 1. The minimum Gasteiger partial charge on any atom is -0.507 e. The Labute approximate surface area is 202 Å². The maximum Gasteiger partial charge on any atom is 0.355 e. The number of carbonyl (C=O) groups is 3. The molecule has 2 N–H and O–H groups in total. The number of ether oxygens (including phenoxy) is 1. The Morgan fingerprint density at radius 1 is 1.14 bits per heavy atom. The van der Waals surface area contributed by atoms with Gasteiger partial charge in [-0.05, 0) is 50.5 Å². The highest BCUT2D eigenvalue weighted by molar-refractivity contribution is 6.46. The van der Waals surface area contributed by atoms with E-state index in [1.807, 2.05) is 10.8 Å². The summed E-state index contributed by atoms with van der Waals surface area (Å²) in [5.41, 5.74) is 2.06. The Morgan fingerprint density at radius 2 is 1.89 bits per heavy atom. The Bertz CT molecular complexity index is 1280. The van der Waals surface area contributed by atoms with Crippen LogP contribution >= 0.6 is 0 Å². The number of nitrogens with zero attached hydrogens (tertiary/aromatic N) is 4. The molecule has 3 aromatic rings. The molecular weight excluding hydrogens is 450 g/mol. The van der Waals surface area contributed by atoms with Gasteiger partial charge in [-0.2, -0.15) is 0 Å². The monoisotopic (exact) mass is 477 g/mol. The molecule has 182 valence electrons. The van der Waals surface area contributed by atoms with Crippen LogP contribution in [0.1, 0.15) is 52.3 Å². The van der Waals surface area contributed by atoms with Crippen LogP contribution in [-0.2, 0) is 20.9 Å². The molecule has 1 atom stereocenters. The largest absolute Gasteiger partial charge is 0.507 e. The van der Waals surface area contributed by atoms with E-state index in [0.717, 1.165) is 0 Å². The number of rotatable bonds is 8. The summed E-state index contributed by atoms with van der Waals surface area (Å²) in [5, 5.41) is 11.4. The molecule has 1 saturated heterocycles. The van der Waals surface area contributed by atoms with Crippen molar-refractivity contribution in [3.05, 3.63) is 76.9 Å². The van der Waals surface area contributed by atoms with Crippen LogP contribution in [0, 0.1) is 13.8 Å². The second-order valence-electron chi connectivity index (χ2n) is 8.27. The van der Waals surface area contributed by atoms with Crippen LogP contribution in [0.25, 0.3) is 5.76 Å². The molecule has 1 unspecified atom stereocenters. The van der Waals surface area contributed by atoms with Crippen molar-refractivity contribution in [2.24, 2.45) is 0 Å². The summed E-state index contributed by atoms with van der Waals surface area (Å²) in [6.45, 7) is 6.16. The maximum atomic E-state index is 13.2. The van der Waals surface area contributed by atoms with Crippen LogP contribution in [0.4, 0.5) is 0 Å². The standard InChI is InChI=1S/C25H27N5O5/c1-4-35-25(34)20-15(2)18(16(3)28-20)22(31)19-21(17-6-8-26-9-7-17)30(24(33)23(19)32)12-5-11-29-13-10-27-14-29/h6-10,13-14,21,28,31H,4-5,11-12H2,1-3H3/b22-19-. The number of aliphatic hydroxyl groups excluding tert-OH is 1. The number of amides is 1. The molecule has 3 aromatic heterocycles. The molecule has 35 heavy (non-hydrogen) atoms. The van der Waals surface area contributed by atoms with Gasteiger partial charge in [0, 0.05) is 49.1 Å². The van der Waals surface area contributed by atoms with Gasteiger partial charge in [-0.1, -0.05) is 0 Å². The van der Waals surface area contributed by atoms with Crippen molar-refractivity contribution in [1.82, 2.24) is 24.4 Å². The second kappa shape index (κ2) is 9.96. The van der Waals surface area contributed by atoms with Crippen LogP contribution in [0.5, 0.6) is 0 Å². The number of aromatic amines is 1. The number of Topliss-reactive ketones (excluding diaryl/α,β-unsaturated/α-hetero) is 1. The van der Waals surface area contributed by atoms with Gasteiger partial charge in [0.2, 0.25) is 0 Å².